The third-order valence-electron chi connectivity index (χ3n) is 2.60. The highest BCUT2D eigenvalue weighted by Crippen LogP contribution is 2.23. The van der Waals surface area contributed by atoms with Crippen LogP contribution in [0, 0.1) is 0 Å². The van der Waals surface area contributed by atoms with Crippen molar-refractivity contribution in [3.8, 4) is 0 Å². The van der Waals surface area contributed by atoms with Crippen molar-refractivity contribution >= 4 is 0 Å². The Bertz CT molecular complexity index is 344. The second-order valence-electron chi connectivity index (χ2n) is 3.63. The van der Waals surface area contributed by atoms with E-state index in [2.05, 4.69) is 0 Å². The quantitative estimate of drug-likeness (QED) is 0.610. The van der Waals surface area contributed by atoms with Gasteiger partial charge in [0.15, 0.2) is 0 Å². The molecule has 2 N–H and O–H groups in total. The van der Waals surface area contributed by atoms with Gasteiger partial charge in [-0.25, -0.2) is 0 Å². The molecule has 1 aliphatic carbocycles. The topological polar surface area (TPSA) is 40.5 Å². The molecule has 2 heteroatoms. The third-order valence-corrected chi connectivity index (χ3v) is 2.60. The van der Waals surface area contributed by atoms with Crippen LogP contribution in [0.25, 0.3) is 0 Å². The molecule has 0 bridgehead atoms. The van der Waals surface area contributed by atoms with Gasteiger partial charge in [0.25, 0.3) is 0 Å². The lowest BCUT2D eigenvalue weighted by atomic mass is 9.94. The first kappa shape index (κ1) is 9.44. The summed E-state index contributed by atoms with van der Waals surface area (Å²) in [6.45, 7) is 0. The van der Waals surface area contributed by atoms with Crippen LogP contribution in [0.3, 0.4) is 0 Å². The lowest BCUT2D eigenvalue weighted by Gasteiger charge is -2.17. The van der Waals surface area contributed by atoms with Gasteiger partial charge in [0.1, 0.15) is 0 Å². The van der Waals surface area contributed by atoms with E-state index < -0.39 is 12.2 Å². The molecule has 0 spiro atoms. The Morgan fingerprint density at radius 3 is 2.71 bits per heavy atom. The van der Waals surface area contributed by atoms with Gasteiger partial charge in [-0.05, 0) is 24.0 Å². The van der Waals surface area contributed by atoms with E-state index in [4.69, 9.17) is 0 Å². The zero-order chi connectivity index (χ0) is 9.97. The van der Waals surface area contributed by atoms with Crippen LogP contribution in [0.1, 0.15) is 23.7 Å². The molecule has 0 amide bonds. The Labute approximate surface area is 83.5 Å². The molecular weight excluding hydrogens is 176 g/mol. The molecular formula is C12H14O2. The highest BCUT2D eigenvalue weighted by atomic mass is 16.3. The van der Waals surface area contributed by atoms with Crippen molar-refractivity contribution in [3.05, 3.63) is 47.5 Å². The van der Waals surface area contributed by atoms with Crippen molar-refractivity contribution in [3.63, 3.8) is 0 Å². The van der Waals surface area contributed by atoms with Gasteiger partial charge in [-0.3, -0.25) is 0 Å². The zero-order valence-corrected chi connectivity index (χ0v) is 7.93. The Hall–Kier alpha value is -1.12. The van der Waals surface area contributed by atoms with Gasteiger partial charge in [-0.2, -0.15) is 0 Å². The molecule has 0 heterocycles. The lowest BCUT2D eigenvalue weighted by molar-refractivity contribution is 0.196. The summed E-state index contributed by atoms with van der Waals surface area (Å²) in [4.78, 5) is 0. The molecule has 2 rings (SSSR count). The average Bonchev–Trinajstić information content (AvgIpc) is 2.21. The van der Waals surface area contributed by atoms with E-state index >= 15 is 0 Å². The van der Waals surface area contributed by atoms with Gasteiger partial charge in [0.05, 0.1) is 12.2 Å². The fourth-order valence-electron chi connectivity index (χ4n) is 1.79. The normalized spacial score (nSPS) is 28.7. The van der Waals surface area contributed by atoms with Crippen LogP contribution < -0.4 is 0 Å². The van der Waals surface area contributed by atoms with Gasteiger partial charge in [0.2, 0.25) is 0 Å². The van der Waals surface area contributed by atoms with E-state index in [1.807, 2.05) is 24.3 Å². The standard InChI is InChI=1S/C12H14O2/c13-10-6-5-9-3-1-2-4-11(9)12(14)8-7-10/h1-4,7-8,10,12-14H,5-6H2/b8-7+/t10-,12+/m1/s1. The SMILES string of the molecule is O[C@H]1/C=C/[C@H](O)c2ccccc2CC1. The van der Waals surface area contributed by atoms with E-state index in [1.165, 1.54) is 0 Å². The summed E-state index contributed by atoms with van der Waals surface area (Å²) in [5.41, 5.74) is 2.08. The molecule has 1 aromatic rings. The van der Waals surface area contributed by atoms with Crippen molar-refractivity contribution in [2.75, 3.05) is 0 Å². The first-order valence-corrected chi connectivity index (χ1v) is 4.89. The van der Waals surface area contributed by atoms with E-state index in [9.17, 15) is 10.2 Å². The molecule has 0 saturated heterocycles. The summed E-state index contributed by atoms with van der Waals surface area (Å²) in [6, 6.07) is 7.82. The Kier molecular flexibility index (Phi) is 2.66. The van der Waals surface area contributed by atoms with Crippen LogP contribution in [-0.4, -0.2) is 16.3 Å². The maximum atomic E-state index is 9.79. The van der Waals surface area contributed by atoms with Crippen LogP contribution in [0.2, 0.25) is 0 Å². The minimum Gasteiger partial charge on any atom is -0.389 e. The molecule has 1 aromatic carbocycles. The van der Waals surface area contributed by atoms with Gasteiger partial charge in [-0.15, -0.1) is 0 Å². The molecule has 0 aromatic heterocycles. The Balaban J connectivity index is 2.37. The fraction of sp³-hybridized carbons (Fsp3) is 0.333. The van der Waals surface area contributed by atoms with Crippen LogP contribution >= 0.6 is 0 Å². The van der Waals surface area contributed by atoms with Crippen molar-refractivity contribution in [1.29, 1.82) is 0 Å². The van der Waals surface area contributed by atoms with Crippen LogP contribution in [0.15, 0.2) is 36.4 Å². The summed E-state index contributed by atoms with van der Waals surface area (Å²) in [5.74, 6) is 0. The molecule has 0 saturated carbocycles. The molecule has 2 nitrogen and oxygen atoms in total. The molecule has 14 heavy (non-hydrogen) atoms. The van der Waals surface area contributed by atoms with Gasteiger partial charge in [-0.1, -0.05) is 36.4 Å². The second-order valence-corrected chi connectivity index (χ2v) is 3.63. The zero-order valence-electron chi connectivity index (χ0n) is 7.93. The van der Waals surface area contributed by atoms with Gasteiger partial charge >= 0.3 is 0 Å². The predicted octanol–water partition coefficient (Wildman–Crippen LogP) is 1.58. The fourth-order valence-corrected chi connectivity index (χ4v) is 1.79. The third kappa shape index (κ3) is 1.86. The van der Waals surface area contributed by atoms with Crippen molar-refractivity contribution in [2.24, 2.45) is 0 Å². The van der Waals surface area contributed by atoms with Crippen LogP contribution in [0.4, 0.5) is 0 Å². The number of rotatable bonds is 0. The van der Waals surface area contributed by atoms with Crippen molar-refractivity contribution in [1.82, 2.24) is 0 Å². The van der Waals surface area contributed by atoms with E-state index in [0.29, 0.717) is 0 Å². The number of aryl methyl sites for hydroxylation is 1. The van der Waals surface area contributed by atoms with Gasteiger partial charge < -0.3 is 10.2 Å². The molecule has 0 radical (unpaired) electrons. The summed E-state index contributed by atoms with van der Waals surface area (Å²) < 4.78 is 0. The Morgan fingerprint density at radius 1 is 1.07 bits per heavy atom. The number of fused-ring (bicyclic) bond motifs is 1. The number of aliphatic hydroxyl groups excluding tert-OH is 2. The first-order valence-electron chi connectivity index (χ1n) is 4.89. The molecule has 1 aliphatic rings. The maximum Gasteiger partial charge on any atom is 0.0975 e. The first-order chi connectivity index (χ1) is 6.77. The number of benzene rings is 1. The number of aliphatic hydroxyl groups is 2. The molecule has 0 unspecified atom stereocenters. The monoisotopic (exact) mass is 190 g/mol. The second kappa shape index (κ2) is 3.95. The van der Waals surface area contributed by atoms with E-state index in [-0.39, 0.29) is 0 Å². The highest BCUT2D eigenvalue weighted by molar-refractivity contribution is 5.32. The maximum absolute atomic E-state index is 9.79. The summed E-state index contributed by atoms with van der Waals surface area (Å²) >= 11 is 0. The minimum absolute atomic E-state index is 0.432. The summed E-state index contributed by atoms with van der Waals surface area (Å²) in [6.07, 6.45) is 3.85. The molecule has 74 valence electrons. The summed E-state index contributed by atoms with van der Waals surface area (Å²) in [5, 5.41) is 19.2. The number of hydrogen-bond donors (Lipinski definition) is 2. The van der Waals surface area contributed by atoms with Crippen LogP contribution in [-0.2, 0) is 6.42 Å². The van der Waals surface area contributed by atoms with Crippen molar-refractivity contribution < 1.29 is 10.2 Å². The lowest BCUT2D eigenvalue weighted by Crippen LogP contribution is -2.10. The van der Waals surface area contributed by atoms with Gasteiger partial charge in [0, 0.05) is 0 Å². The Morgan fingerprint density at radius 2 is 1.86 bits per heavy atom. The highest BCUT2D eigenvalue weighted by Gasteiger charge is 2.13. The van der Waals surface area contributed by atoms with Crippen molar-refractivity contribution in [2.45, 2.75) is 25.0 Å². The predicted molar refractivity (Wildman–Crippen MR) is 54.9 cm³/mol. The smallest absolute Gasteiger partial charge is 0.0975 e. The van der Waals surface area contributed by atoms with E-state index in [0.717, 1.165) is 24.0 Å². The summed E-state index contributed by atoms with van der Waals surface area (Å²) in [7, 11) is 0. The largest absolute Gasteiger partial charge is 0.389 e. The van der Waals surface area contributed by atoms with E-state index in [1.54, 1.807) is 12.2 Å². The molecule has 0 fully saturated rings. The average molecular weight is 190 g/mol. The number of hydrogen-bond acceptors (Lipinski definition) is 2. The van der Waals surface area contributed by atoms with Crippen LogP contribution in [0.5, 0.6) is 0 Å². The molecule has 0 aliphatic heterocycles. The minimum atomic E-state index is -0.582. The molecule has 2 atom stereocenters.